The third-order valence-corrected chi connectivity index (χ3v) is 5.68. The number of hydrogen-bond acceptors (Lipinski definition) is 6. The quantitative estimate of drug-likeness (QED) is 0.350. The molecule has 5 unspecified atom stereocenters. The van der Waals surface area contributed by atoms with E-state index in [0.29, 0.717) is 18.1 Å². The molecule has 7 heteroatoms. The largest absolute Gasteiger partial charge is 0.394 e. The van der Waals surface area contributed by atoms with Crippen molar-refractivity contribution in [3.63, 3.8) is 0 Å². The second-order valence-electron chi connectivity index (χ2n) is 7.42. The van der Waals surface area contributed by atoms with Gasteiger partial charge >= 0.3 is 0 Å². The molecule has 0 aromatic heterocycles. The zero-order valence-electron chi connectivity index (χ0n) is 17.1. The monoisotopic (exact) mass is 428 g/mol. The van der Waals surface area contributed by atoms with E-state index < -0.39 is 37.1 Å². The van der Waals surface area contributed by atoms with Gasteiger partial charge in [-0.15, -0.1) is 0 Å². The van der Waals surface area contributed by atoms with E-state index in [4.69, 9.17) is 21.1 Å². The molecular formula is C22H33ClO6. The number of aliphatic hydroxyl groups is 4. The van der Waals surface area contributed by atoms with Crippen LogP contribution in [0.2, 0.25) is 0 Å². The summed E-state index contributed by atoms with van der Waals surface area (Å²) in [4.78, 5) is 0. The van der Waals surface area contributed by atoms with Gasteiger partial charge in [-0.2, -0.15) is 0 Å². The maximum Gasteiger partial charge on any atom is 0.112 e. The van der Waals surface area contributed by atoms with Crippen LogP contribution < -0.4 is 0 Å². The summed E-state index contributed by atoms with van der Waals surface area (Å²) >= 11 is 6.46. The second-order valence-corrected chi connectivity index (χ2v) is 7.82. The third-order valence-electron chi connectivity index (χ3n) is 5.31. The predicted molar refractivity (Wildman–Crippen MR) is 113 cm³/mol. The highest BCUT2D eigenvalue weighted by atomic mass is 35.5. The summed E-state index contributed by atoms with van der Waals surface area (Å²) in [5.74, 6) is 0. The van der Waals surface area contributed by atoms with E-state index in [-0.39, 0.29) is 6.10 Å². The van der Waals surface area contributed by atoms with Crippen LogP contribution >= 0.6 is 11.6 Å². The lowest BCUT2D eigenvalue weighted by Crippen LogP contribution is -2.57. The van der Waals surface area contributed by atoms with Crippen LogP contribution in [-0.2, 0) is 9.47 Å². The first-order valence-electron chi connectivity index (χ1n) is 10.2. The Kier molecular flexibility index (Phi) is 10.1. The van der Waals surface area contributed by atoms with Crippen LogP contribution in [0.3, 0.4) is 0 Å². The van der Waals surface area contributed by atoms with Crippen molar-refractivity contribution < 1.29 is 29.9 Å². The van der Waals surface area contributed by atoms with Gasteiger partial charge < -0.3 is 29.9 Å². The predicted octanol–water partition coefficient (Wildman–Crippen LogP) is 2.36. The van der Waals surface area contributed by atoms with Gasteiger partial charge in [-0.25, -0.2) is 0 Å². The van der Waals surface area contributed by atoms with Crippen molar-refractivity contribution in [2.24, 2.45) is 0 Å². The minimum absolute atomic E-state index is 0.270. The number of rotatable bonds is 8. The molecule has 6 nitrogen and oxygen atoms in total. The lowest BCUT2D eigenvalue weighted by Gasteiger charge is -2.39. The first kappa shape index (κ1) is 24.3. The fourth-order valence-electron chi connectivity index (χ4n) is 3.63. The molecule has 1 fully saturated rings. The van der Waals surface area contributed by atoms with E-state index in [1.54, 1.807) is 18.2 Å². The molecule has 1 saturated heterocycles. The third kappa shape index (κ3) is 6.76. The smallest absolute Gasteiger partial charge is 0.112 e. The number of halogens is 1. The van der Waals surface area contributed by atoms with Crippen LogP contribution in [-0.4, -0.2) is 70.3 Å². The van der Waals surface area contributed by atoms with Crippen LogP contribution in [0.25, 0.3) is 0 Å². The van der Waals surface area contributed by atoms with Crippen LogP contribution in [0.5, 0.6) is 0 Å². The van der Waals surface area contributed by atoms with Gasteiger partial charge in [0.25, 0.3) is 0 Å². The van der Waals surface area contributed by atoms with Crippen molar-refractivity contribution >= 4 is 11.6 Å². The molecule has 0 spiro atoms. The summed E-state index contributed by atoms with van der Waals surface area (Å²) in [6, 6.07) is 0. The molecule has 1 aliphatic carbocycles. The molecule has 0 aromatic rings. The number of allylic oxidation sites excluding steroid dienone is 6. The van der Waals surface area contributed by atoms with Gasteiger partial charge in [0.1, 0.15) is 30.5 Å². The number of hydrogen-bond donors (Lipinski definition) is 4. The maximum atomic E-state index is 10.2. The number of aliphatic hydroxyl groups excluding tert-OH is 4. The van der Waals surface area contributed by atoms with Crippen LogP contribution in [0.1, 0.15) is 39.5 Å². The fourth-order valence-corrected chi connectivity index (χ4v) is 3.89. The van der Waals surface area contributed by atoms with Crippen molar-refractivity contribution in [3.8, 4) is 0 Å². The van der Waals surface area contributed by atoms with E-state index in [0.717, 1.165) is 24.8 Å². The topological polar surface area (TPSA) is 99.4 Å². The van der Waals surface area contributed by atoms with E-state index in [2.05, 4.69) is 6.08 Å². The average Bonchev–Trinajstić information content (AvgIpc) is 2.72. The van der Waals surface area contributed by atoms with Crippen molar-refractivity contribution in [2.75, 3.05) is 13.2 Å². The van der Waals surface area contributed by atoms with Gasteiger partial charge in [0.2, 0.25) is 0 Å². The van der Waals surface area contributed by atoms with E-state index in [1.807, 2.05) is 19.9 Å². The molecule has 29 heavy (non-hydrogen) atoms. The molecular weight excluding hydrogens is 396 g/mol. The molecule has 0 amide bonds. The molecule has 6 atom stereocenters. The van der Waals surface area contributed by atoms with Gasteiger partial charge in [-0.05, 0) is 51.2 Å². The molecule has 1 aliphatic heterocycles. The Balaban J connectivity index is 2.14. The fraction of sp³-hybridized carbons (Fsp3) is 0.636. The highest BCUT2D eigenvalue weighted by molar-refractivity contribution is 6.31. The van der Waals surface area contributed by atoms with E-state index in [1.165, 1.54) is 5.57 Å². The van der Waals surface area contributed by atoms with Gasteiger partial charge in [0, 0.05) is 11.6 Å². The summed E-state index contributed by atoms with van der Waals surface area (Å²) < 4.78 is 11.2. The molecule has 2 rings (SSSR count). The maximum absolute atomic E-state index is 10.2. The Morgan fingerprint density at radius 2 is 2.00 bits per heavy atom. The van der Waals surface area contributed by atoms with Crippen molar-refractivity contribution in [2.45, 2.75) is 76.2 Å². The Morgan fingerprint density at radius 1 is 1.24 bits per heavy atom. The highest BCUT2D eigenvalue weighted by Crippen LogP contribution is 2.29. The summed E-state index contributed by atoms with van der Waals surface area (Å²) in [5.41, 5.74) is 2.14. The molecule has 164 valence electrons. The summed E-state index contributed by atoms with van der Waals surface area (Å²) in [6.45, 7) is 4.15. The van der Waals surface area contributed by atoms with Gasteiger partial charge in [0.05, 0.1) is 12.7 Å². The lowest BCUT2D eigenvalue weighted by atomic mass is 9.91. The van der Waals surface area contributed by atoms with Crippen molar-refractivity contribution in [3.05, 3.63) is 46.6 Å². The van der Waals surface area contributed by atoms with Gasteiger partial charge in [0.15, 0.2) is 0 Å². The molecule has 4 N–H and O–H groups in total. The summed E-state index contributed by atoms with van der Waals surface area (Å²) in [5, 5.41) is 40.0. The first-order valence-corrected chi connectivity index (χ1v) is 10.6. The number of ether oxygens (including phenoxy) is 2. The zero-order chi connectivity index (χ0) is 21.4. The summed E-state index contributed by atoms with van der Waals surface area (Å²) in [7, 11) is 0. The van der Waals surface area contributed by atoms with E-state index >= 15 is 0 Å². The Hall–Kier alpha value is -0.990. The van der Waals surface area contributed by atoms with Gasteiger partial charge in [-0.1, -0.05) is 41.5 Å². The van der Waals surface area contributed by atoms with Crippen molar-refractivity contribution in [1.82, 2.24) is 0 Å². The second kappa shape index (κ2) is 12.0. The molecule has 0 radical (unpaired) electrons. The first-order chi connectivity index (χ1) is 13.9. The van der Waals surface area contributed by atoms with Gasteiger partial charge in [-0.3, -0.25) is 0 Å². The molecule has 0 aromatic carbocycles. The minimum Gasteiger partial charge on any atom is -0.394 e. The molecule has 0 saturated carbocycles. The Morgan fingerprint density at radius 3 is 2.59 bits per heavy atom. The summed E-state index contributed by atoms with van der Waals surface area (Å²) in [6.07, 6.45) is 7.13. The molecule has 2 aliphatic rings. The molecule has 1 heterocycles. The normalized spacial score (nSPS) is 34.5. The van der Waals surface area contributed by atoms with Crippen LogP contribution in [0, 0.1) is 0 Å². The standard InChI is InChI=1S/C22H33ClO6/c1-3-5-17(23)15(12-14-6-9-16(10-7-14)28-4-2)8-11-18-20(25)22(27)21(26)19(13-24)29-18/h3,5-6,8,11,16,18-22,24-27H,4,7,9-10,12-13H2,1-2H3/b5-3-,11-8?,17-15-/t16?,18?,19?,20?,21-,22?/m1/s1. The average molecular weight is 429 g/mol. The molecule has 0 bridgehead atoms. The zero-order valence-corrected chi connectivity index (χ0v) is 17.8. The van der Waals surface area contributed by atoms with E-state index in [9.17, 15) is 20.4 Å². The van der Waals surface area contributed by atoms with Crippen molar-refractivity contribution in [1.29, 1.82) is 0 Å². The minimum atomic E-state index is -1.40. The highest BCUT2D eigenvalue weighted by Gasteiger charge is 2.42. The SMILES string of the molecule is C/C=C\C(Cl)=C(/C=CC1OC(CO)[C@@H](O)C(O)C1O)CC1=CCC(OCC)CC1. The lowest BCUT2D eigenvalue weighted by molar-refractivity contribution is -0.216. The van der Waals surface area contributed by atoms with Crippen LogP contribution in [0.15, 0.2) is 46.6 Å². The Labute approximate surface area is 177 Å². The van der Waals surface area contributed by atoms with Crippen LogP contribution in [0.4, 0.5) is 0 Å². The Bertz CT molecular complexity index is 639.